The highest BCUT2D eigenvalue weighted by Gasteiger charge is 2.20. The molecule has 0 aliphatic carbocycles. The minimum Gasteiger partial charge on any atom is -0.278 e. The van der Waals surface area contributed by atoms with Crippen LogP contribution in [-0.4, -0.2) is 24.1 Å². The third kappa shape index (κ3) is 4.62. The summed E-state index contributed by atoms with van der Waals surface area (Å²) in [4.78, 5) is 16.1. The number of fused-ring (bicyclic) bond motifs is 12. The van der Waals surface area contributed by atoms with Gasteiger partial charge in [-0.05, 0) is 56.6 Å². The van der Waals surface area contributed by atoms with Crippen LogP contribution >= 0.6 is 0 Å². The fraction of sp³-hybridized carbons (Fsp3) is 0. The van der Waals surface area contributed by atoms with Gasteiger partial charge in [0, 0.05) is 27.1 Å². The van der Waals surface area contributed by atoms with E-state index in [0.29, 0.717) is 17.7 Å². The molecule has 11 aromatic rings. The molecule has 0 bridgehead atoms. The second kappa shape index (κ2) is 12.1. The summed E-state index contributed by atoms with van der Waals surface area (Å²) >= 11 is 0. The summed E-state index contributed by atoms with van der Waals surface area (Å²) in [5, 5.41) is 11.5. The van der Waals surface area contributed by atoms with E-state index in [2.05, 4.69) is 179 Å². The molecule has 0 aliphatic heterocycles. The van der Waals surface area contributed by atoms with Crippen LogP contribution in [0, 0.1) is 0 Å². The predicted octanol–water partition coefficient (Wildman–Crippen LogP) is 12.3. The van der Waals surface area contributed by atoms with E-state index in [9.17, 15) is 0 Å². The lowest BCUT2D eigenvalue weighted by Gasteiger charge is -2.15. The molecule has 252 valence electrons. The van der Waals surface area contributed by atoms with E-state index >= 15 is 0 Å². The molecular weight excluding hydrogens is 659 g/mol. The molecule has 54 heavy (non-hydrogen) atoms. The van der Waals surface area contributed by atoms with Crippen molar-refractivity contribution in [2.45, 2.75) is 0 Å². The topological polar surface area (TPSA) is 48.5 Å². The van der Waals surface area contributed by atoms with Crippen LogP contribution in [0.3, 0.4) is 0 Å². The molecule has 3 aromatic heterocycles. The summed E-state index contributed by atoms with van der Waals surface area (Å²) in [5.74, 6) is 1.68. The zero-order valence-corrected chi connectivity index (χ0v) is 29.1. The molecule has 3 heterocycles. The molecule has 0 unspecified atom stereocenters. The van der Waals surface area contributed by atoms with Gasteiger partial charge in [0.2, 0.25) is 11.9 Å². The number of nitrogens with zero attached hydrogens (tertiary/aromatic N) is 5. The molecule has 8 aromatic carbocycles. The predicted molar refractivity (Wildman–Crippen MR) is 224 cm³/mol. The first kappa shape index (κ1) is 30.3. The highest BCUT2D eigenvalue weighted by atomic mass is 15.3. The molecule has 5 heteroatoms. The highest BCUT2D eigenvalue weighted by Crippen LogP contribution is 2.38. The van der Waals surface area contributed by atoms with Crippen molar-refractivity contribution in [3.63, 3.8) is 0 Å². The summed E-state index contributed by atoms with van der Waals surface area (Å²) in [6.45, 7) is 0. The van der Waals surface area contributed by atoms with E-state index < -0.39 is 0 Å². The van der Waals surface area contributed by atoms with Crippen molar-refractivity contribution >= 4 is 75.9 Å². The highest BCUT2D eigenvalue weighted by molar-refractivity contribution is 6.21. The van der Waals surface area contributed by atoms with E-state index in [1.807, 2.05) is 18.2 Å². The lowest BCUT2D eigenvalue weighted by atomic mass is 10.0. The maximum atomic E-state index is 5.48. The van der Waals surface area contributed by atoms with Crippen LogP contribution in [0.25, 0.3) is 99.2 Å². The molecule has 0 saturated carbocycles. The van der Waals surface area contributed by atoms with Crippen LogP contribution in [-0.2, 0) is 0 Å². The minimum atomic E-state index is 0.530. The maximum Gasteiger partial charge on any atom is 0.240 e. The Morgan fingerprint density at radius 2 is 0.685 bits per heavy atom. The lowest BCUT2D eigenvalue weighted by Crippen LogP contribution is -2.11. The van der Waals surface area contributed by atoms with Gasteiger partial charge >= 0.3 is 0 Å². The first-order valence-corrected chi connectivity index (χ1v) is 18.2. The van der Waals surface area contributed by atoms with Crippen molar-refractivity contribution in [2.24, 2.45) is 0 Å². The molecular formula is C49H31N5. The largest absolute Gasteiger partial charge is 0.278 e. The SMILES string of the molecule is c1ccc(-c2nc(-n3c4ccccc4c4ccccc4c4ccccc4c4ccccc43)nc(-n3c4ccccc4c4c5ccccc5ccc43)n2)cc1. The second-order valence-corrected chi connectivity index (χ2v) is 13.6. The Labute approximate surface area is 310 Å². The standard InChI is InChI=1S/C49H31N5/c1-2-17-33(18-3-1)47-50-48(52-49(51-47)54-44-29-15-12-26-41(44)46-34-19-5-4-16-32(34)30-31-45(46)54)53-42-27-13-10-24-39(42)37-22-8-6-20-35(37)36-21-7-9-23-38(36)40-25-11-14-28-43(40)53/h1-31H. The van der Waals surface area contributed by atoms with Crippen molar-refractivity contribution in [1.82, 2.24) is 24.1 Å². The van der Waals surface area contributed by atoms with Crippen LogP contribution in [0.4, 0.5) is 0 Å². The van der Waals surface area contributed by atoms with Gasteiger partial charge < -0.3 is 0 Å². The van der Waals surface area contributed by atoms with Crippen molar-refractivity contribution < 1.29 is 0 Å². The Bertz CT molecular complexity index is 3240. The fourth-order valence-corrected chi connectivity index (χ4v) is 8.27. The summed E-state index contributed by atoms with van der Waals surface area (Å²) in [7, 11) is 0. The summed E-state index contributed by atoms with van der Waals surface area (Å²) < 4.78 is 4.43. The van der Waals surface area contributed by atoms with Crippen molar-refractivity contribution in [1.29, 1.82) is 0 Å². The number of benzene rings is 8. The molecule has 0 amide bonds. The fourth-order valence-electron chi connectivity index (χ4n) is 8.27. The zero-order chi connectivity index (χ0) is 35.6. The Morgan fingerprint density at radius 3 is 1.26 bits per heavy atom. The van der Waals surface area contributed by atoms with Crippen molar-refractivity contribution in [3.8, 4) is 23.3 Å². The molecule has 0 aliphatic rings. The Kier molecular flexibility index (Phi) is 6.79. The Morgan fingerprint density at radius 1 is 0.278 bits per heavy atom. The monoisotopic (exact) mass is 689 g/mol. The van der Waals surface area contributed by atoms with E-state index in [-0.39, 0.29) is 0 Å². The maximum absolute atomic E-state index is 5.48. The zero-order valence-electron chi connectivity index (χ0n) is 29.1. The summed E-state index contributed by atoms with van der Waals surface area (Å²) in [6, 6.07) is 66.3. The summed E-state index contributed by atoms with van der Waals surface area (Å²) in [6.07, 6.45) is 0. The van der Waals surface area contributed by atoms with Crippen LogP contribution < -0.4 is 0 Å². The summed E-state index contributed by atoms with van der Waals surface area (Å²) in [5.41, 5.74) is 4.95. The number of rotatable bonds is 3. The van der Waals surface area contributed by atoms with Gasteiger partial charge in [-0.15, -0.1) is 0 Å². The second-order valence-electron chi connectivity index (χ2n) is 13.6. The van der Waals surface area contributed by atoms with E-state index in [1.165, 1.54) is 26.9 Å². The van der Waals surface area contributed by atoms with Crippen LogP contribution in [0.5, 0.6) is 0 Å². The average Bonchev–Trinajstić information content (AvgIpc) is 3.61. The number of hydrogen-bond acceptors (Lipinski definition) is 3. The van der Waals surface area contributed by atoms with Crippen LogP contribution in [0.2, 0.25) is 0 Å². The molecule has 0 saturated heterocycles. The third-order valence-electron chi connectivity index (χ3n) is 10.6. The van der Waals surface area contributed by atoms with Crippen LogP contribution in [0.15, 0.2) is 188 Å². The van der Waals surface area contributed by atoms with Gasteiger partial charge in [0.1, 0.15) is 0 Å². The molecule has 0 N–H and O–H groups in total. The third-order valence-corrected chi connectivity index (χ3v) is 10.6. The molecule has 0 atom stereocenters. The van der Waals surface area contributed by atoms with Gasteiger partial charge in [0.15, 0.2) is 5.82 Å². The van der Waals surface area contributed by atoms with Gasteiger partial charge in [-0.1, -0.05) is 164 Å². The quantitative estimate of drug-likeness (QED) is 0.185. The average molecular weight is 690 g/mol. The van der Waals surface area contributed by atoms with E-state index in [1.54, 1.807) is 0 Å². The first-order valence-electron chi connectivity index (χ1n) is 18.2. The van der Waals surface area contributed by atoms with E-state index in [4.69, 9.17) is 15.0 Å². The molecule has 11 rings (SSSR count). The first-order chi connectivity index (χ1) is 26.8. The normalized spacial score (nSPS) is 11.7. The van der Waals surface area contributed by atoms with Crippen molar-refractivity contribution in [2.75, 3.05) is 0 Å². The number of hydrogen-bond donors (Lipinski definition) is 0. The molecule has 0 radical (unpaired) electrons. The Hall–Kier alpha value is -7.37. The molecule has 0 spiro atoms. The minimum absolute atomic E-state index is 0.530. The van der Waals surface area contributed by atoms with Crippen LogP contribution in [0.1, 0.15) is 0 Å². The van der Waals surface area contributed by atoms with Gasteiger partial charge in [-0.2, -0.15) is 15.0 Å². The lowest BCUT2D eigenvalue weighted by molar-refractivity contribution is 0.891. The number of aromatic nitrogens is 5. The van der Waals surface area contributed by atoms with Gasteiger partial charge in [0.25, 0.3) is 0 Å². The Balaban J connectivity index is 1.36. The smallest absolute Gasteiger partial charge is 0.240 e. The van der Waals surface area contributed by atoms with Gasteiger partial charge in [0.05, 0.1) is 22.1 Å². The van der Waals surface area contributed by atoms with Crippen molar-refractivity contribution in [3.05, 3.63) is 188 Å². The van der Waals surface area contributed by atoms with Gasteiger partial charge in [-0.25, -0.2) is 0 Å². The molecule has 5 nitrogen and oxygen atoms in total. The molecule has 0 fully saturated rings. The number of para-hydroxylation sites is 3. The van der Waals surface area contributed by atoms with E-state index in [0.717, 1.165) is 54.6 Å². The van der Waals surface area contributed by atoms with Gasteiger partial charge in [-0.3, -0.25) is 9.13 Å².